The lowest BCUT2D eigenvalue weighted by Crippen LogP contribution is -2.30. The molecule has 0 unspecified atom stereocenters. The van der Waals surface area contributed by atoms with Gasteiger partial charge < -0.3 is 19.5 Å². The Kier molecular flexibility index (Phi) is 6.91. The molecule has 0 aliphatic heterocycles. The molecule has 0 bridgehead atoms. The fourth-order valence-corrected chi connectivity index (χ4v) is 3.24. The van der Waals surface area contributed by atoms with Crippen LogP contribution in [0.25, 0.3) is 0 Å². The highest BCUT2D eigenvalue weighted by atomic mass is 16.3. The van der Waals surface area contributed by atoms with Crippen LogP contribution in [0.4, 0.5) is 11.4 Å². The zero-order chi connectivity index (χ0) is 21.5. The molecule has 3 aromatic rings. The normalized spacial score (nSPS) is 10.5. The van der Waals surface area contributed by atoms with E-state index in [1.165, 1.54) is 6.26 Å². The average Bonchev–Trinajstić information content (AvgIpc) is 3.28. The number of nitrogens with zero attached hydrogens (tertiary/aromatic N) is 2. The van der Waals surface area contributed by atoms with E-state index in [9.17, 15) is 9.59 Å². The Bertz CT molecular complexity index is 982. The largest absolute Gasteiger partial charge is 0.459 e. The van der Waals surface area contributed by atoms with E-state index in [0.717, 1.165) is 16.8 Å². The first-order valence-electron chi connectivity index (χ1n) is 9.94. The second-order valence-corrected chi connectivity index (χ2v) is 7.26. The summed E-state index contributed by atoms with van der Waals surface area (Å²) in [6.45, 7) is 2.63. The topological polar surface area (TPSA) is 65.8 Å². The maximum atomic E-state index is 13.2. The van der Waals surface area contributed by atoms with Crippen molar-refractivity contribution >= 4 is 23.2 Å². The third kappa shape index (κ3) is 5.29. The van der Waals surface area contributed by atoms with Gasteiger partial charge in [0.2, 0.25) is 5.91 Å². The van der Waals surface area contributed by atoms with E-state index >= 15 is 0 Å². The lowest BCUT2D eigenvalue weighted by Gasteiger charge is -2.26. The Balaban J connectivity index is 1.94. The predicted molar refractivity (Wildman–Crippen MR) is 118 cm³/mol. The first kappa shape index (κ1) is 21.2. The fraction of sp³-hybridized carbons (Fsp3) is 0.250. The summed E-state index contributed by atoms with van der Waals surface area (Å²) >= 11 is 0. The highest BCUT2D eigenvalue weighted by Crippen LogP contribution is 2.26. The third-order valence-electron chi connectivity index (χ3n) is 4.76. The molecule has 0 aliphatic rings. The maximum absolute atomic E-state index is 13.2. The van der Waals surface area contributed by atoms with Gasteiger partial charge in [-0.15, -0.1) is 0 Å². The van der Waals surface area contributed by atoms with E-state index in [0.29, 0.717) is 31.0 Å². The minimum atomic E-state index is -0.184. The van der Waals surface area contributed by atoms with Gasteiger partial charge in [-0.3, -0.25) is 9.59 Å². The Hall–Kier alpha value is -3.54. The van der Waals surface area contributed by atoms with Crippen LogP contribution in [-0.4, -0.2) is 30.8 Å². The van der Waals surface area contributed by atoms with Crippen molar-refractivity contribution in [2.45, 2.75) is 26.4 Å². The van der Waals surface area contributed by atoms with Crippen LogP contribution < -0.4 is 10.2 Å². The Morgan fingerprint density at radius 1 is 0.967 bits per heavy atom. The lowest BCUT2D eigenvalue weighted by atomic mass is 10.1. The Morgan fingerprint density at radius 2 is 1.73 bits per heavy atom. The number of nitrogens with one attached hydrogen (secondary N) is 1. The highest BCUT2D eigenvalue weighted by molar-refractivity contribution is 5.92. The molecule has 1 aromatic heterocycles. The molecule has 1 N–H and O–H groups in total. The SMILES string of the molecule is CCC(=O)Nc1ccc(N(C)C)c(CN(Cc2ccccc2)C(=O)c2ccco2)c1. The van der Waals surface area contributed by atoms with Crippen molar-refractivity contribution in [1.82, 2.24) is 4.90 Å². The monoisotopic (exact) mass is 405 g/mol. The molecule has 0 spiro atoms. The molecule has 2 aromatic carbocycles. The number of benzene rings is 2. The van der Waals surface area contributed by atoms with Gasteiger partial charge in [-0.25, -0.2) is 0 Å². The summed E-state index contributed by atoms with van der Waals surface area (Å²) in [6, 6.07) is 19.0. The quantitative estimate of drug-likeness (QED) is 0.598. The van der Waals surface area contributed by atoms with E-state index in [1.807, 2.05) is 74.4 Å². The van der Waals surface area contributed by atoms with Gasteiger partial charge >= 0.3 is 0 Å². The van der Waals surface area contributed by atoms with Crippen LogP contribution in [0.1, 0.15) is 35.0 Å². The van der Waals surface area contributed by atoms with Crippen LogP contribution >= 0.6 is 0 Å². The number of hydrogen-bond acceptors (Lipinski definition) is 4. The number of carbonyl (C=O) groups excluding carboxylic acids is 2. The molecular weight excluding hydrogens is 378 g/mol. The van der Waals surface area contributed by atoms with Gasteiger partial charge in [0.05, 0.1) is 6.26 Å². The van der Waals surface area contributed by atoms with Crippen molar-refractivity contribution in [2.24, 2.45) is 0 Å². The van der Waals surface area contributed by atoms with Crippen molar-refractivity contribution in [2.75, 3.05) is 24.3 Å². The van der Waals surface area contributed by atoms with Crippen LogP contribution in [0, 0.1) is 0 Å². The Labute approximate surface area is 177 Å². The molecule has 6 nitrogen and oxygen atoms in total. The fourth-order valence-electron chi connectivity index (χ4n) is 3.24. The molecule has 1 heterocycles. The van der Waals surface area contributed by atoms with Crippen molar-refractivity contribution in [1.29, 1.82) is 0 Å². The maximum Gasteiger partial charge on any atom is 0.290 e. The smallest absolute Gasteiger partial charge is 0.290 e. The molecule has 156 valence electrons. The summed E-state index contributed by atoms with van der Waals surface area (Å²) in [7, 11) is 3.91. The van der Waals surface area contributed by atoms with Crippen LogP contribution in [0.3, 0.4) is 0 Å². The van der Waals surface area contributed by atoms with Crippen molar-refractivity contribution in [3.05, 3.63) is 83.8 Å². The van der Waals surface area contributed by atoms with E-state index in [4.69, 9.17) is 4.42 Å². The Morgan fingerprint density at radius 3 is 2.37 bits per heavy atom. The zero-order valence-electron chi connectivity index (χ0n) is 17.6. The molecular formula is C24H27N3O3. The van der Waals surface area contributed by atoms with Gasteiger partial charge in [-0.2, -0.15) is 0 Å². The molecule has 0 atom stereocenters. The second kappa shape index (κ2) is 9.78. The van der Waals surface area contributed by atoms with Gasteiger partial charge in [-0.05, 0) is 41.5 Å². The molecule has 0 saturated heterocycles. The predicted octanol–water partition coefficient (Wildman–Crippen LogP) is 4.54. The van der Waals surface area contributed by atoms with Gasteiger partial charge in [0.15, 0.2) is 5.76 Å². The summed E-state index contributed by atoms with van der Waals surface area (Å²) in [5.74, 6) is 0.0655. The van der Waals surface area contributed by atoms with Crippen LogP contribution in [0.5, 0.6) is 0 Å². The molecule has 0 saturated carbocycles. The lowest BCUT2D eigenvalue weighted by molar-refractivity contribution is -0.115. The summed E-state index contributed by atoms with van der Waals surface area (Å²) in [5.41, 5.74) is 3.66. The number of carbonyl (C=O) groups is 2. The van der Waals surface area contributed by atoms with Crippen molar-refractivity contribution < 1.29 is 14.0 Å². The van der Waals surface area contributed by atoms with E-state index in [2.05, 4.69) is 5.32 Å². The van der Waals surface area contributed by atoms with Crippen LogP contribution in [0.2, 0.25) is 0 Å². The number of amides is 2. The zero-order valence-corrected chi connectivity index (χ0v) is 17.6. The first-order valence-corrected chi connectivity index (χ1v) is 9.94. The molecule has 6 heteroatoms. The summed E-state index contributed by atoms with van der Waals surface area (Å²) < 4.78 is 5.36. The van der Waals surface area contributed by atoms with Crippen molar-refractivity contribution in [3.8, 4) is 0 Å². The second-order valence-electron chi connectivity index (χ2n) is 7.26. The van der Waals surface area contributed by atoms with Gasteiger partial charge in [0.25, 0.3) is 5.91 Å². The van der Waals surface area contributed by atoms with Crippen molar-refractivity contribution in [3.63, 3.8) is 0 Å². The van der Waals surface area contributed by atoms with E-state index < -0.39 is 0 Å². The summed E-state index contributed by atoms with van der Waals surface area (Å²) in [5, 5.41) is 2.90. The highest BCUT2D eigenvalue weighted by Gasteiger charge is 2.21. The number of hydrogen-bond donors (Lipinski definition) is 1. The molecule has 3 rings (SSSR count). The van der Waals surface area contributed by atoms with E-state index in [-0.39, 0.29) is 11.8 Å². The number of furan rings is 1. The standard InChI is InChI=1S/C24H27N3O3/c1-4-23(28)25-20-12-13-21(26(2)3)19(15-20)17-27(16-18-9-6-5-7-10-18)24(29)22-11-8-14-30-22/h5-15H,4,16-17H2,1-3H3,(H,25,28). The molecule has 0 radical (unpaired) electrons. The van der Waals surface area contributed by atoms with Crippen LogP contribution in [0.15, 0.2) is 71.3 Å². The summed E-state index contributed by atoms with van der Waals surface area (Å²) in [4.78, 5) is 28.7. The minimum absolute atomic E-state index is 0.0497. The van der Waals surface area contributed by atoms with E-state index in [1.54, 1.807) is 17.0 Å². The van der Waals surface area contributed by atoms with Gasteiger partial charge in [-0.1, -0.05) is 37.3 Å². The molecule has 2 amide bonds. The first-order chi connectivity index (χ1) is 14.5. The number of anilines is 2. The van der Waals surface area contributed by atoms with Gasteiger partial charge in [0, 0.05) is 45.0 Å². The molecule has 0 aliphatic carbocycles. The minimum Gasteiger partial charge on any atom is -0.459 e. The molecule has 0 fully saturated rings. The third-order valence-corrected chi connectivity index (χ3v) is 4.76. The average molecular weight is 405 g/mol. The molecule has 30 heavy (non-hydrogen) atoms. The van der Waals surface area contributed by atoms with Gasteiger partial charge in [0.1, 0.15) is 0 Å². The summed E-state index contributed by atoms with van der Waals surface area (Å²) in [6.07, 6.45) is 1.90. The van der Waals surface area contributed by atoms with Crippen LogP contribution in [-0.2, 0) is 17.9 Å². The number of rotatable bonds is 8.